The number of nitrogens with two attached hydrogens (primary N) is 1. The van der Waals surface area contributed by atoms with E-state index in [4.69, 9.17) is 15.9 Å². The Hall–Kier alpha value is -2.29. The smallest absolute Gasteiger partial charge is 0.306 e. The summed E-state index contributed by atoms with van der Waals surface area (Å²) in [6.45, 7) is 9.27. The van der Waals surface area contributed by atoms with Crippen LogP contribution in [0.25, 0.3) is 0 Å². The van der Waals surface area contributed by atoms with Gasteiger partial charge in [-0.15, -0.1) is 4.73 Å². The molecule has 5 fully saturated rings. The lowest BCUT2D eigenvalue weighted by Crippen LogP contribution is -2.57. The number of ether oxygens (including phenoxy) is 1. The number of piperidine rings is 1. The van der Waals surface area contributed by atoms with Gasteiger partial charge in [-0.2, -0.15) is 4.98 Å². The monoisotopic (exact) mass is 515 g/mol. The number of rotatable bonds is 1. The zero-order valence-electron chi connectivity index (χ0n) is 22.7. The molecule has 0 aromatic carbocycles. The molecule has 5 N–H and O–H groups in total. The molecule has 0 radical (unpaired) electrons. The molecule has 1 aromatic rings. The summed E-state index contributed by atoms with van der Waals surface area (Å²) in [5.74, 6) is 3.39. The fourth-order valence-corrected chi connectivity index (χ4v) is 8.62. The van der Waals surface area contributed by atoms with E-state index in [0.29, 0.717) is 47.2 Å². The number of carbonyl (C=O) groups excluding carboxylic acids is 1. The number of esters is 1. The van der Waals surface area contributed by atoms with Crippen LogP contribution in [0, 0.1) is 39.9 Å². The molecule has 2 saturated heterocycles. The van der Waals surface area contributed by atoms with E-state index < -0.39 is 5.60 Å². The highest BCUT2D eigenvalue weighted by atomic mass is 16.5. The highest BCUT2D eigenvalue weighted by molar-refractivity contribution is 5.70. The first-order valence-electron chi connectivity index (χ1n) is 14.2. The van der Waals surface area contributed by atoms with E-state index in [-0.39, 0.29) is 28.2 Å². The van der Waals surface area contributed by atoms with Gasteiger partial charge < -0.3 is 25.7 Å². The molecule has 1 aromatic heterocycles. The zero-order chi connectivity index (χ0) is 26.6. The second-order valence-electron chi connectivity index (χ2n) is 13.0. The van der Waals surface area contributed by atoms with Crippen molar-refractivity contribution in [2.24, 2.45) is 34.5 Å². The maximum atomic E-state index is 11.7. The summed E-state index contributed by atoms with van der Waals surface area (Å²) in [6.07, 6.45) is 11.0. The van der Waals surface area contributed by atoms with Gasteiger partial charge in [0.1, 0.15) is 11.6 Å². The molecule has 37 heavy (non-hydrogen) atoms. The molecule has 0 spiro atoms. The number of cyclic esters (lactones) is 1. The van der Waals surface area contributed by atoms with Crippen molar-refractivity contribution in [2.75, 3.05) is 30.3 Å². The van der Waals surface area contributed by atoms with Crippen LogP contribution < -0.4 is 16.3 Å². The van der Waals surface area contributed by atoms with Crippen molar-refractivity contribution in [1.29, 1.82) is 5.41 Å². The molecule has 9 heteroatoms. The molecule has 3 aliphatic carbocycles. The van der Waals surface area contributed by atoms with Gasteiger partial charge >= 0.3 is 5.97 Å². The van der Waals surface area contributed by atoms with E-state index in [1.54, 1.807) is 6.07 Å². The summed E-state index contributed by atoms with van der Waals surface area (Å²) in [6, 6.07) is 1.60. The molecule has 3 saturated carbocycles. The number of fused-ring (bicyclic) bond motifs is 5. The Bertz CT molecular complexity index is 1080. The Morgan fingerprint density at radius 2 is 1.78 bits per heavy atom. The number of carbonyl (C=O) groups is 1. The van der Waals surface area contributed by atoms with Crippen LogP contribution in [0.2, 0.25) is 0 Å². The second kappa shape index (κ2) is 9.47. The van der Waals surface area contributed by atoms with Crippen molar-refractivity contribution < 1.29 is 19.8 Å². The summed E-state index contributed by atoms with van der Waals surface area (Å²) in [4.78, 5) is 17.8. The van der Waals surface area contributed by atoms with E-state index in [2.05, 4.69) is 30.7 Å². The van der Waals surface area contributed by atoms with Gasteiger partial charge in [0.25, 0.3) is 5.62 Å². The third-order valence-electron chi connectivity index (χ3n) is 11.2. The van der Waals surface area contributed by atoms with Crippen LogP contribution >= 0.6 is 0 Å². The van der Waals surface area contributed by atoms with Crippen molar-refractivity contribution in [2.45, 2.75) is 90.6 Å². The van der Waals surface area contributed by atoms with Gasteiger partial charge in [0.15, 0.2) is 0 Å². The second-order valence-corrected chi connectivity index (χ2v) is 13.0. The number of nitrogens with zero attached hydrogens (tertiary/aromatic N) is 3. The molecular weight excluding hydrogens is 470 g/mol. The standard InChI is InChI=1S/C19H30O3.C9H15N5O/c1-17-11-22-16(20)10-12(17)4-5-13-14(17)6-8-18(2)15(13)7-9-19(18,3)21;10-7-6-8(12-9(11)14(7)15)13-4-2-1-3-5-13/h12-15,21H,4-11H2,1-3H3;6,11,15H,1-5,10H2/t12-,13+,14-,15-,17-,18-,19-;/m0./s1. The average Bonchev–Trinajstić information content (AvgIpc) is 3.12. The summed E-state index contributed by atoms with van der Waals surface area (Å²) in [5.41, 5.74) is 5.09. The van der Waals surface area contributed by atoms with Gasteiger partial charge in [-0.3, -0.25) is 10.2 Å². The lowest BCUT2D eigenvalue weighted by atomic mass is 9.46. The zero-order valence-corrected chi connectivity index (χ0v) is 22.7. The number of nitrogen functional groups attached to an aromatic ring is 1. The summed E-state index contributed by atoms with van der Waals surface area (Å²) >= 11 is 0. The lowest BCUT2D eigenvalue weighted by molar-refractivity contribution is -0.186. The fourth-order valence-electron chi connectivity index (χ4n) is 8.62. The Morgan fingerprint density at radius 1 is 1.08 bits per heavy atom. The highest BCUT2D eigenvalue weighted by Gasteiger charge is 2.63. The number of anilines is 2. The SMILES string of the molecule is C[C@]12COC(=O)C[C@@H]1CC[C@@H]1[C@@H]2CC[C@@]2(C)[C@H]1CC[C@]2(C)O.N=c1nc(N2CCCCC2)cc(N)n1O. The number of nitrogens with one attached hydrogen (secondary N) is 1. The third-order valence-corrected chi connectivity index (χ3v) is 11.2. The maximum Gasteiger partial charge on any atom is 0.306 e. The predicted octanol–water partition coefficient (Wildman–Crippen LogP) is 3.72. The Balaban J connectivity index is 0.000000164. The number of hydrogen-bond acceptors (Lipinski definition) is 8. The largest absolute Gasteiger partial charge is 0.465 e. The number of aromatic nitrogens is 2. The normalized spacial score (nSPS) is 41.0. The van der Waals surface area contributed by atoms with Crippen LogP contribution in [0.15, 0.2) is 6.07 Å². The fraction of sp³-hybridized carbons (Fsp3) is 0.821. The summed E-state index contributed by atoms with van der Waals surface area (Å²) in [7, 11) is 0. The minimum absolute atomic E-state index is 0.00497. The van der Waals surface area contributed by atoms with Crippen molar-refractivity contribution in [3.05, 3.63) is 11.7 Å². The number of hydrogen-bond donors (Lipinski definition) is 4. The van der Waals surface area contributed by atoms with Gasteiger partial charge in [-0.1, -0.05) is 13.8 Å². The lowest BCUT2D eigenvalue weighted by Gasteiger charge is -2.60. The van der Waals surface area contributed by atoms with Gasteiger partial charge in [0.2, 0.25) is 0 Å². The molecule has 5 aliphatic rings. The molecule has 7 atom stereocenters. The Morgan fingerprint density at radius 3 is 2.49 bits per heavy atom. The molecule has 3 heterocycles. The van der Waals surface area contributed by atoms with Crippen molar-refractivity contribution in [3.63, 3.8) is 0 Å². The van der Waals surface area contributed by atoms with Crippen molar-refractivity contribution >= 4 is 17.6 Å². The van der Waals surface area contributed by atoms with Crippen LogP contribution in [-0.4, -0.2) is 51.3 Å². The van der Waals surface area contributed by atoms with Gasteiger partial charge in [-0.25, -0.2) is 0 Å². The van der Waals surface area contributed by atoms with E-state index in [1.165, 1.54) is 32.1 Å². The first kappa shape index (κ1) is 26.3. The van der Waals surface area contributed by atoms with Crippen molar-refractivity contribution in [3.8, 4) is 0 Å². The molecule has 6 rings (SSSR count). The molecule has 0 unspecified atom stereocenters. The predicted molar refractivity (Wildman–Crippen MR) is 140 cm³/mol. The molecular formula is C28H45N5O4. The molecule has 9 nitrogen and oxygen atoms in total. The summed E-state index contributed by atoms with van der Waals surface area (Å²) in [5, 5.41) is 27.6. The molecule has 206 valence electrons. The van der Waals surface area contributed by atoms with Gasteiger partial charge in [0.05, 0.1) is 12.2 Å². The van der Waals surface area contributed by atoms with E-state index in [9.17, 15) is 15.1 Å². The van der Waals surface area contributed by atoms with Crippen LogP contribution in [0.1, 0.15) is 85.0 Å². The minimum Gasteiger partial charge on any atom is -0.465 e. The minimum atomic E-state index is -0.501. The van der Waals surface area contributed by atoms with E-state index in [1.807, 2.05) is 0 Å². The third kappa shape index (κ3) is 4.41. The first-order chi connectivity index (χ1) is 17.5. The quantitative estimate of drug-likeness (QED) is 0.330. The topological polar surface area (TPSA) is 138 Å². The van der Waals surface area contributed by atoms with Crippen LogP contribution in [0.4, 0.5) is 11.6 Å². The van der Waals surface area contributed by atoms with E-state index in [0.717, 1.165) is 38.8 Å². The van der Waals surface area contributed by atoms with Crippen molar-refractivity contribution in [1.82, 2.24) is 9.71 Å². The number of aliphatic hydroxyl groups is 1. The van der Waals surface area contributed by atoms with Gasteiger partial charge in [0, 0.05) is 31.0 Å². The molecule has 0 bridgehead atoms. The van der Waals surface area contributed by atoms with Crippen LogP contribution in [-0.2, 0) is 9.53 Å². The van der Waals surface area contributed by atoms with Crippen LogP contribution in [0.3, 0.4) is 0 Å². The van der Waals surface area contributed by atoms with Crippen LogP contribution in [0.5, 0.6) is 0 Å². The Kier molecular flexibility index (Phi) is 6.74. The maximum absolute atomic E-state index is 11.7. The molecule has 0 amide bonds. The average molecular weight is 516 g/mol. The molecule has 2 aliphatic heterocycles. The van der Waals surface area contributed by atoms with Gasteiger partial charge in [-0.05, 0) is 93.8 Å². The Labute approximate surface area is 219 Å². The highest BCUT2D eigenvalue weighted by Crippen LogP contribution is 2.67. The first-order valence-corrected chi connectivity index (χ1v) is 14.2. The van der Waals surface area contributed by atoms with E-state index >= 15 is 0 Å². The summed E-state index contributed by atoms with van der Waals surface area (Å²) < 4.78 is 6.07.